The standard InChI is InChI=1S/C29H22F3N3O2/c30-29(31,32)22-13-11-21(12-14-22)27-26(20-7-3-1-4-8-20)19-35(34-27)28(36)33-23-15-17-25(18-16-23)37-24-9-5-2-6-10-24/h1-18,26H,19H2,(H,33,36). The number of nitrogens with zero attached hydrogens (tertiary/aromatic N) is 2. The van der Waals surface area contributed by atoms with Gasteiger partial charge in [-0.05, 0) is 59.7 Å². The van der Waals surface area contributed by atoms with Crippen LogP contribution in [0.15, 0.2) is 114 Å². The summed E-state index contributed by atoms with van der Waals surface area (Å²) in [5.74, 6) is 1.04. The van der Waals surface area contributed by atoms with Crippen LogP contribution in [0.25, 0.3) is 0 Å². The molecular formula is C29H22F3N3O2. The third-order valence-corrected chi connectivity index (χ3v) is 5.94. The van der Waals surface area contributed by atoms with E-state index in [1.165, 1.54) is 17.1 Å². The number of carbonyl (C=O) groups excluding carboxylic acids is 1. The first kappa shape index (κ1) is 24.1. The first-order valence-corrected chi connectivity index (χ1v) is 11.6. The number of carbonyl (C=O) groups is 1. The molecule has 186 valence electrons. The Morgan fingerprint density at radius 2 is 1.41 bits per heavy atom. The maximum absolute atomic E-state index is 13.1. The van der Waals surface area contributed by atoms with E-state index in [1.54, 1.807) is 24.3 Å². The van der Waals surface area contributed by atoms with E-state index in [0.717, 1.165) is 17.7 Å². The SMILES string of the molecule is O=C(Nc1ccc(Oc2ccccc2)cc1)N1CC(c2ccccc2)C(c2ccc(C(F)(F)F)cc2)=N1. The van der Waals surface area contributed by atoms with Gasteiger partial charge in [0.1, 0.15) is 11.5 Å². The number of hydrogen-bond acceptors (Lipinski definition) is 3. The van der Waals surface area contributed by atoms with Gasteiger partial charge in [0.25, 0.3) is 0 Å². The summed E-state index contributed by atoms with van der Waals surface area (Å²) < 4.78 is 44.9. The molecular weight excluding hydrogens is 479 g/mol. The van der Waals surface area contributed by atoms with Crippen molar-refractivity contribution in [2.75, 3.05) is 11.9 Å². The number of hydrogen-bond donors (Lipinski definition) is 1. The molecule has 0 bridgehead atoms. The molecule has 5 rings (SSSR count). The van der Waals surface area contributed by atoms with Gasteiger partial charge in [0, 0.05) is 11.6 Å². The predicted molar refractivity (Wildman–Crippen MR) is 136 cm³/mol. The Bertz CT molecular complexity index is 1390. The number of para-hydroxylation sites is 1. The molecule has 0 fully saturated rings. The quantitative estimate of drug-likeness (QED) is 0.307. The third kappa shape index (κ3) is 5.64. The zero-order chi connectivity index (χ0) is 25.8. The lowest BCUT2D eigenvalue weighted by Crippen LogP contribution is -2.30. The molecule has 2 amide bonds. The maximum Gasteiger partial charge on any atom is 0.416 e. The summed E-state index contributed by atoms with van der Waals surface area (Å²) in [4.78, 5) is 13.1. The average molecular weight is 502 g/mol. The van der Waals surface area contributed by atoms with Crippen LogP contribution in [0.3, 0.4) is 0 Å². The highest BCUT2D eigenvalue weighted by Crippen LogP contribution is 2.33. The van der Waals surface area contributed by atoms with E-state index in [9.17, 15) is 18.0 Å². The van der Waals surface area contributed by atoms with Gasteiger partial charge in [0.05, 0.1) is 17.8 Å². The second-order valence-electron chi connectivity index (χ2n) is 8.48. The van der Waals surface area contributed by atoms with Crippen molar-refractivity contribution in [3.05, 3.63) is 126 Å². The van der Waals surface area contributed by atoms with Gasteiger partial charge in [0.15, 0.2) is 0 Å². The van der Waals surface area contributed by atoms with Crippen molar-refractivity contribution >= 4 is 17.4 Å². The Hall–Kier alpha value is -4.59. The number of benzene rings is 4. The van der Waals surface area contributed by atoms with Gasteiger partial charge in [0.2, 0.25) is 0 Å². The fraction of sp³-hybridized carbons (Fsp3) is 0.103. The van der Waals surface area contributed by atoms with Gasteiger partial charge >= 0.3 is 12.2 Å². The third-order valence-electron chi connectivity index (χ3n) is 5.94. The Kier molecular flexibility index (Phi) is 6.64. The van der Waals surface area contributed by atoms with Gasteiger partial charge in [-0.25, -0.2) is 9.80 Å². The largest absolute Gasteiger partial charge is 0.457 e. The van der Waals surface area contributed by atoms with Crippen molar-refractivity contribution in [3.8, 4) is 11.5 Å². The van der Waals surface area contributed by atoms with Gasteiger partial charge < -0.3 is 10.1 Å². The number of hydrazone groups is 1. The number of halogens is 3. The van der Waals surface area contributed by atoms with Crippen molar-refractivity contribution in [2.45, 2.75) is 12.1 Å². The minimum atomic E-state index is -4.43. The number of urea groups is 1. The second kappa shape index (κ2) is 10.2. The predicted octanol–water partition coefficient (Wildman–Crippen LogP) is 7.53. The monoisotopic (exact) mass is 501 g/mol. The average Bonchev–Trinajstić information content (AvgIpc) is 3.36. The lowest BCUT2D eigenvalue weighted by Gasteiger charge is -2.16. The molecule has 0 saturated heterocycles. The first-order valence-electron chi connectivity index (χ1n) is 11.6. The Morgan fingerprint density at radius 1 is 0.811 bits per heavy atom. The fourth-order valence-electron chi connectivity index (χ4n) is 4.08. The van der Waals surface area contributed by atoms with Crippen LogP contribution in [0, 0.1) is 0 Å². The maximum atomic E-state index is 13.1. The van der Waals surface area contributed by atoms with Crippen LogP contribution in [-0.4, -0.2) is 23.3 Å². The molecule has 8 heteroatoms. The lowest BCUT2D eigenvalue weighted by molar-refractivity contribution is -0.137. The van der Waals surface area contributed by atoms with Crippen LogP contribution in [0.1, 0.15) is 22.6 Å². The Morgan fingerprint density at radius 3 is 2.03 bits per heavy atom. The van der Waals surface area contributed by atoms with Crippen LogP contribution in [-0.2, 0) is 6.18 Å². The molecule has 4 aromatic carbocycles. The van der Waals surface area contributed by atoms with E-state index in [4.69, 9.17) is 4.74 Å². The van der Waals surface area contributed by atoms with E-state index < -0.39 is 17.8 Å². The van der Waals surface area contributed by atoms with Crippen molar-refractivity contribution in [2.24, 2.45) is 5.10 Å². The topological polar surface area (TPSA) is 53.9 Å². The van der Waals surface area contributed by atoms with Crippen LogP contribution < -0.4 is 10.1 Å². The number of anilines is 1. The molecule has 1 aliphatic rings. The minimum Gasteiger partial charge on any atom is -0.457 e. The number of rotatable bonds is 5. The van der Waals surface area contributed by atoms with E-state index >= 15 is 0 Å². The van der Waals surface area contributed by atoms with Crippen LogP contribution in [0.2, 0.25) is 0 Å². The molecule has 1 heterocycles. The van der Waals surface area contributed by atoms with Crippen molar-refractivity contribution in [1.29, 1.82) is 0 Å². The molecule has 0 spiro atoms. The Balaban J connectivity index is 1.34. The van der Waals surface area contributed by atoms with E-state index in [1.807, 2.05) is 60.7 Å². The van der Waals surface area contributed by atoms with E-state index in [-0.39, 0.29) is 12.5 Å². The van der Waals surface area contributed by atoms with Crippen molar-refractivity contribution in [3.63, 3.8) is 0 Å². The summed E-state index contributed by atoms with van der Waals surface area (Å²) >= 11 is 0. The van der Waals surface area contributed by atoms with Crippen LogP contribution in [0.5, 0.6) is 11.5 Å². The molecule has 1 aliphatic heterocycles. The highest BCUT2D eigenvalue weighted by atomic mass is 19.4. The van der Waals surface area contributed by atoms with Gasteiger partial charge in [-0.15, -0.1) is 0 Å². The molecule has 0 radical (unpaired) electrons. The summed E-state index contributed by atoms with van der Waals surface area (Å²) in [5, 5.41) is 8.64. The first-order chi connectivity index (χ1) is 17.9. The van der Waals surface area contributed by atoms with Gasteiger partial charge in [-0.1, -0.05) is 60.7 Å². The summed E-state index contributed by atoms with van der Waals surface area (Å²) in [6.07, 6.45) is -4.43. The second-order valence-corrected chi connectivity index (χ2v) is 8.48. The highest BCUT2D eigenvalue weighted by molar-refractivity contribution is 6.07. The summed E-state index contributed by atoms with van der Waals surface area (Å²) in [5.41, 5.74) is 1.79. The molecule has 1 unspecified atom stereocenters. The number of ether oxygens (including phenoxy) is 1. The smallest absolute Gasteiger partial charge is 0.416 e. The number of nitrogens with one attached hydrogen (secondary N) is 1. The lowest BCUT2D eigenvalue weighted by atomic mass is 9.90. The fourth-order valence-corrected chi connectivity index (χ4v) is 4.08. The van der Waals surface area contributed by atoms with Gasteiger partial charge in [-0.3, -0.25) is 0 Å². The minimum absolute atomic E-state index is 0.251. The van der Waals surface area contributed by atoms with Gasteiger partial charge in [-0.2, -0.15) is 18.3 Å². The molecule has 0 aliphatic carbocycles. The molecule has 5 nitrogen and oxygen atoms in total. The molecule has 37 heavy (non-hydrogen) atoms. The zero-order valence-electron chi connectivity index (χ0n) is 19.5. The normalized spacial score (nSPS) is 15.3. The molecule has 0 aromatic heterocycles. The van der Waals surface area contributed by atoms with Crippen LogP contribution >= 0.6 is 0 Å². The number of alkyl halides is 3. The zero-order valence-corrected chi connectivity index (χ0v) is 19.5. The molecule has 4 aromatic rings. The molecule has 1 atom stereocenters. The summed E-state index contributed by atoms with van der Waals surface area (Å²) in [7, 11) is 0. The van der Waals surface area contributed by atoms with Crippen LogP contribution in [0.4, 0.5) is 23.7 Å². The summed E-state index contributed by atoms with van der Waals surface area (Å²) in [6.45, 7) is 0.251. The highest BCUT2D eigenvalue weighted by Gasteiger charge is 2.34. The molecule has 1 N–H and O–H groups in total. The van der Waals surface area contributed by atoms with E-state index in [2.05, 4.69) is 10.4 Å². The number of amides is 2. The molecule has 0 saturated carbocycles. The summed E-state index contributed by atoms with van der Waals surface area (Å²) in [6, 6.07) is 30.1. The van der Waals surface area contributed by atoms with Crippen molar-refractivity contribution in [1.82, 2.24) is 5.01 Å². The van der Waals surface area contributed by atoms with Crippen molar-refractivity contribution < 1.29 is 22.7 Å². The Labute approximate surface area is 211 Å². The van der Waals surface area contributed by atoms with E-state index in [0.29, 0.717) is 28.5 Å².